The van der Waals surface area contributed by atoms with Crippen LogP contribution in [0.4, 0.5) is 0 Å². The highest BCUT2D eigenvalue weighted by atomic mass is 16.5. The summed E-state index contributed by atoms with van der Waals surface area (Å²) in [6.07, 6.45) is 7.64. The Morgan fingerprint density at radius 2 is 1.56 bits per heavy atom. The van der Waals surface area contributed by atoms with E-state index in [9.17, 15) is 9.59 Å². The molecule has 27 heavy (non-hydrogen) atoms. The molecule has 0 atom stereocenters. The van der Waals surface area contributed by atoms with Gasteiger partial charge in [0.15, 0.2) is 0 Å². The van der Waals surface area contributed by atoms with Crippen molar-refractivity contribution in [3.8, 4) is 5.75 Å². The second-order valence-corrected chi connectivity index (χ2v) is 7.74. The molecule has 0 aliphatic carbocycles. The lowest BCUT2D eigenvalue weighted by Crippen LogP contribution is -2.44. The van der Waals surface area contributed by atoms with Gasteiger partial charge in [-0.1, -0.05) is 25.0 Å². The van der Waals surface area contributed by atoms with E-state index < -0.39 is 0 Å². The van der Waals surface area contributed by atoms with E-state index in [1.807, 2.05) is 29.2 Å². The molecule has 0 radical (unpaired) electrons. The molecule has 2 aliphatic heterocycles. The van der Waals surface area contributed by atoms with Crippen LogP contribution in [-0.2, 0) is 16.0 Å². The van der Waals surface area contributed by atoms with E-state index in [0.29, 0.717) is 25.4 Å². The van der Waals surface area contributed by atoms with Gasteiger partial charge in [-0.25, -0.2) is 0 Å². The summed E-state index contributed by atoms with van der Waals surface area (Å²) in [6, 6.07) is 7.88. The summed E-state index contributed by atoms with van der Waals surface area (Å²) in [5, 5.41) is 0. The van der Waals surface area contributed by atoms with Crippen molar-refractivity contribution < 1.29 is 14.3 Å². The van der Waals surface area contributed by atoms with Crippen LogP contribution in [0.1, 0.15) is 50.5 Å². The molecule has 3 rings (SSSR count). The second-order valence-electron chi connectivity index (χ2n) is 7.74. The van der Waals surface area contributed by atoms with Crippen molar-refractivity contribution in [2.24, 2.45) is 5.92 Å². The van der Waals surface area contributed by atoms with Gasteiger partial charge in [0.1, 0.15) is 5.75 Å². The smallest absolute Gasteiger partial charge is 0.225 e. The van der Waals surface area contributed by atoms with E-state index in [1.165, 1.54) is 12.8 Å². The predicted octanol–water partition coefficient (Wildman–Crippen LogP) is 3.27. The standard InChI is InChI=1S/C22H32N2O3/c1-27-20-9-6-18(7-10-20)8-11-21(25)23-16-12-19(13-17-23)22(26)24-14-4-2-3-5-15-24/h6-7,9-10,19H,2-5,8,11-17H2,1H3. The first-order valence-corrected chi connectivity index (χ1v) is 10.4. The summed E-state index contributed by atoms with van der Waals surface area (Å²) in [6.45, 7) is 3.26. The normalized spacial score (nSPS) is 18.9. The summed E-state index contributed by atoms with van der Waals surface area (Å²) in [5.41, 5.74) is 1.15. The molecular formula is C22H32N2O3. The zero-order chi connectivity index (χ0) is 19.1. The number of methoxy groups -OCH3 is 1. The minimum atomic E-state index is 0.105. The van der Waals surface area contributed by atoms with Crippen molar-refractivity contribution in [2.75, 3.05) is 33.3 Å². The number of hydrogen-bond acceptors (Lipinski definition) is 3. The van der Waals surface area contributed by atoms with E-state index in [1.54, 1.807) is 7.11 Å². The highest BCUT2D eigenvalue weighted by Gasteiger charge is 2.30. The average Bonchev–Trinajstić information content (AvgIpc) is 3.01. The van der Waals surface area contributed by atoms with E-state index in [0.717, 1.165) is 56.5 Å². The fourth-order valence-corrected chi connectivity index (χ4v) is 4.13. The van der Waals surface area contributed by atoms with Crippen LogP contribution in [-0.4, -0.2) is 54.9 Å². The number of likely N-dealkylation sites (tertiary alicyclic amines) is 2. The van der Waals surface area contributed by atoms with E-state index in [2.05, 4.69) is 4.90 Å². The van der Waals surface area contributed by atoms with E-state index >= 15 is 0 Å². The fraction of sp³-hybridized carbons (Fsp3) is 0.636. The lowest BCUT2D eigenvalue weighted by molar-refractivity contribution is -0.140. The van der Waals surface area contributed by atoms with Crippen molar-refractivity contribution in [1.82, 2.24) is 9.80 Å². The Bertz CT molecular complexity index is 613. The quantitative estimate of drug-likeness (QED) is 0.797. The van der Waals surface area contributed by atoms with Crippen molar-refractivity contribution >= 4 is 11.8 Å². The van der Waals surface area contributed by atoms with Gasteiger partial charge in [0, 0.05) is 38.5 Å². The average molecular weight is 373 g/mol. The highest BCUT2D eigenvalue weighted by molar-refractivity contribution is 5.80. The number of amides is 2. The molecule has 0 bridgehead atoms. The van der Waals surface area contributed by atoms with Crippen LogP contribution in [0.25, 0.3) is 0 Å². The van der Waals surface area contributed by atoms with E-state index in [4.69, 9.17) is 4.74 Å². The number of nitrogens with zero attached hydrogens (tertiary/aromatic N) is 2. The largest absolute Gasteiger partial charge is 0.497 e. The molecular weight excluding hydrogens is 340 g/mol. The maximum absolute atomic E-state index is 12.8. The second kappa shape index (κ2) is 9.77. The molecule has 0 saturated carbocycles. The van der Waals surface area contributed by atoms with Gasteiger partial charge in [-0.15, -0.1) is 0 Å². The first kappa shape index (κ1) is 19.7. The SMILES string of the molecule is COc1ccc(CCC(=O)N2CCC(C(=O)N3CCCCCC3)CC2)cc1. The highest BCUT2D eigenvalue weighted by Crippen LogP contribution is 2.22. The summed E-state index contributed by atoms with van der Waals surface area (Å²) in [7, 11) is 1.65. The molecule has 2 amide bonds. The Balaban J connectivity index is 1.42. The van der Waals surface area contributed by atoms with Crippen LogP contribution in [0.15, 0.2) is 24.3 Å². The van der Waals surface area contributed by atoms with Crippen molar-refractivity contribution in [2.45, 2.75) is 51.4 Å². The molecule has 5 heteroatoms. The third kappa shape index (κ3) is 5.47. The maximum Gasteiger partial charge on any atom is 0.225 e. The molecule has 148 valence electrons. The third-order valence-electron chi connectivity index (χ3n) is 5.90. The number of rotatable bonds is 5. The number of benzene rings is 1. The number of aryl methyl sites for hydroxylation is 1. The lowest BCUT2D eigenvalue weighted by atomic mass is 9.94. The number of carbonyl (C=O) groups excluding carboxylic acids is 2. The van der Waals surface area contributed by atoms with Gasteiger partial charge in [-0.2, -0.15) is 0 Å². The first-order valence-electron chi connectivity index (χ1n) is 10.4. The zero-order valence-electron chi connectivity index (χ0n) is 16.5. The van der Waals surface area contributed by atoms with Crippen molar-refractivity contribution in [1.29, 1.82) is 0 Å². The molecule has 0 N–H and O–H groups in total. The molecule has 0 aromatic heterocycles. The van der Waals surface area contributed by atoms with Crippen LogP contribution in [0, 0.1) is 5.92 Å². The minimum Gasteiger partial charge on any atom is -0.497 e. The summed E-state index contributed by atoms with van der Waals surface area (Å²) >= 11 is 0. The molecule has 2 heterocycles. The molecule has 2 saturated heterocycles. The van der Waals surface area contributed by atoms with Crippen LogP contribution >= 0.6 is 0 Å². The molecule has 2 fully saturated rings. The monoisotopic (exact) mass is 372 g/mol. The summed E-state index contributed by atoms with van der Waals surface area (Å²) < 4.78 is 5.16. The van der Waals surface area contributed by atoms with Gasteiger partial charge in [0.2, 0.25) is 11.8 Å². The Morgan fingerprint density at radius 1 is 0.926 bits per heavy atom. The van der Waals surface area contributed by atoms with Crippen LogP contribution < -0.4 is 4.74 Å². The molecule has 0 unspecified atom stereocenters. The number of carbonyl (C=O) groups is 2. The zero-order valence-corrected chi connectivity index (χ0v) is 16.5. The van der Waals surface area contributed by atoms with Crippen molar-refractivity contribution in [3.63, 3.8) is 0 Å². The van der Waals surface area contributed by atoms with Gasteiger partial charge in [-0.3, -0.25) is 9.59 Å². The minimum absolute atomic E-state index is 0.105. The Hall–Kier alpha value is -2.04. The third-order valence-corrected chi connectivity index (χ3v) is 5.90. The number of piperidine rings is 1. The van der Waals surface area contributed by atoms with Crippen LogP contribution in [0.2, 0.25) is 0 Å². The lowest BCUT2D eigenvalue weighted by Gasteiger charge is -2.34. The summed E-state index contributed by atoms with van der Waals surface area (Å²) in [5.74, 6) is 1.46. The Labute approximate surface area is 162 Å². The van der Waals surface area contributed by atoms with Gasteiger partial charge < -0.3 is 14.5 Å². The fourth-order valence-electron chi connectivity index (χ4n) is 4.13. The molecule has 2 aliphatic rings. The summed E-state index contributed by atoms with van der Waals surface area (Å²) in [4.78, 5) is 29.3. The number of ether oxygens (including phenoxy) is 1. The van der Waals surface area contributed by atoms with Crippen molar-refractivity contribution in [3.05, 3.63) is 29.8 Å². The number of hydrogen-bond donors (Lipinski definition) is 0. The first-order chi connectivity index (χ1) is 13.2. The molecule has 0 spiro atoms. The van der Waals surface area contributed by atoms with Crippen LogP contribution in [0.5, 0.6) is 5.75 Å². The van der Waals surface area contributed by atoms with E-state index in [-0.39, 0.29) is 11.8 Å². The van der Waals surface area contributed by atoms with Gasteiger partial charge in [-0.05, 0) is 49.8 Å². The molecule has 1 aromatic rings. The predicted molar refractivity (Wildman–Crippen MR) is 106 cm³/mol. The maximum atomic E-state index is 12.8. The molecule has 1 aromatic carbocycles. The van der Waals surface area contributed by atoms with Gasteiger partial charge in [0.05, 0.1) is 7.11 Å². The van der Waals surface area contributed by atoms with Crippen LogP contribution in [0.3, 0.4) is 0 Å². The Kier molecular flexibility index (Phi) is 7.13. The van der Waals surface area contributed by atoms with Gasteiger partial charge in [0.25, 0.3) is 0 Å². The Morgan fingerprint density at radius 3 is 2.15 bits per heavy atom. The topological polar surface area (TPSA) is 49.9 Å². The molecule has 5 nitrogen and oxygen atoms in total. The van der Waals surface area contributed by atoms with Gasteiger partial charge >= 0.3 is 0 Å².